The van der Waals surface area contributed by atoms with Crippen LogP contribution in [0.15, 0.2) is 60.0 Å². The summed E-state index contributed by atoms with van der Waals surface area (Å²) < 4.78 is 1.14. The highest BCUT2D eigenvalue weighted by molar-refractivity contribution is 7.20. The van der Waals surface area contributed by atoms with Crippen molar-refractivity contribution in [1.82, 2.24) is 9.97 Å². The number of thiazole rings is 1. The first-order chi connectivity index (χ1) is 15.1. The number of anilines is 3. The van der Waals surface area contributed by atoms with E-state index in [-0.39, 0.29) is 5.69 Å². The molecule has 3 heterocycles. The van der Waals surface area contributed by atoms with Crippen molar-refractivity contribution in [3.63, 3.8) is 0 Å². The molecule has 2 aromatic carbocycles. The lowest BCUT2D eigenvalue weighted by atomic mass is 10.1. The average molecular weight is 450 g/mol. The predicted octanol–water partition coefficient (Wildman–Crippen LogP) is 5.22. The van der Waals surface area contributed by atoms with Crippen molar-refractivity contribution in [3.8, 4) is 0 Å². The third kappa shape index (κ3) is 4.57. The number of aldehydes is 1. The second-order valence-corrected chi connectivity index (χ2v) is 8.49. The summed E-state index contributed by atoms with van der Waals surface area (Å²) in [6.07, 6.45) is 0.826. The molecule has 9 heteroatoms. The van der Waals surface area contributed by atoms with E-state index >= 15 is 0 Å². The van der Waals surface area contributed by atoms with Crippen LogP contribution < -0.4 is 16.4 Å². The van der Waals surface area contributed by atoms with Crippen LogP contribution in [0.3, 0.4) is 0 Å². The summed E-state index contributed by atoms with van der Waals surface area (Å²) >= 11 is 2.99. The van der Waals surface area contributed by atoms with Gasteiger partial charge in [-0.1, -0.05) is 41.7 Å². The van der Waals surface area contributed by atoms with Gasteiger partial charge in [0.2, 0.25) is 0 Å². The van der Waals surface area contributed by atoms with Crippen molar-refractivity contribution in [2.45, 2.75) is 0 Å². The Labute approximate surface area is 185 Å². The Morgan fingerprint density at radius 2 is 1.94 bits per heavy atom. The second-order valence-electron chi connectivity index (χ2n) is 6.54. The van der Waals surface area contributed by atoms with Crippen molar-refractivity contribution in [1.29, 1.82) is 0 Å². The highest BCUT2D eigenvalue weighted by atomic mass is 32.1. The summed E-state index contributed by atoms with van der Waals surface area (Å²) in [5.41, 5.74) is 8.18. The van der Waals surface area contributed by atoms with E-state index in [9.17, 15) is 9.59 Å². The van der Waals surface area contributed by atoms with Gasteiger partial charge in [-0.2, -0.15) is 0 Å². The normalized spacial score (nSPS) is 10.5. The molecular weight excluding hydrogens is 430 g/mol. The molecule has 0 spiro atoms. The molecular formula is C22H19N5O2S2. The monoisotopic (exact) mass is 449 g/mol. The Morgan fingerprint density at radius 1 is 1.13 bits per heavy atom. The number of aromatic nitrogens is 2. The van der Waals surface area contributed by atoms with Crippen molar-refractivity contribution in [2.24, 2.45) is 5.73 Å². The fourth-order valence-corrected chi connectivity index (χ4v) is 4.67. The van der Waals surface area contributed by atoms with E-state index in [1.54, 1.807) is 18.4 Å². The van der Waals surface area contributed by atoms with Gasteiger partial charge >= 0.3 is 0 Å². The molecule has 0 radical (unpaired) electrons. The number of hydrogen-bond donors (Lipinski definition) is 4. The maximum absolute atomic E-state index is 11.3. The molecule has 0 atom stereocenters. The molecule has 156 valence electrons. The Bertz CT molecular complexity index is 1340. The minimum Gasteiger partial charge on any atom is -0.378 e. The molecule has 0 aliphatic rings. The predicted molar refractivity (Wildman–Crippen MR) is 129 cm³/mol. The number of rotatable bonds is 5. The fraction of sp³-hybridized carbons (Fsp3) is 0.0455. The lowest BCUT2D eigenvalue weighted by Gasteiger charge is -2.04. The van der Waals surface area contributed by atoms with Gasteiger partial charge < -0.3 is 21.4 Å². The van der Waals surface area contributed by atoms with E-state index in [0.29, 0.717) is 15.8 Å². The zero-order valence-electron chi connectivity index (χ0n) is 16.5. The number of carbonyl (C=O) groups is 2. The lowest BCUT2D eigenvalue weighted by Crippen LogP contribution is -2.13. The van der Waals surface area contributed by atoms with Crippen molar-refractivity contribution < 1.29 is 9.59 Å². The van der Waals surface area contributed by atoms with Crippen LogP contribution in [0.4, 0.5) is 15.8 Å². The van der Waals surface area contributed by atoms with Crippen molar-refractivity contribution in [2.75, 3.05) is 17.7 Å². The van der Waals surface area contributed by atoms with Crippen molar-refractivity contribution in [3.05, 3.63) is 71.4 Å². The molecule has 3 aromatic heterocycles. The van der Waals surface area contributed by atoms with Crippen LogP contribution in [0.2, 0.25) is 0 Å². The molecule has 5 rings (SSSR count). The standard InChI is InChI=1S/C15H14N4OS.C7H5NOS/c1-17-14-12(13(16)20)19-15(21-14)18-11-7-6-9-4-2-3-5-10(9)8-11;9-4-5-3-7-6(8-5)1-2-10-7/h2-8,17H,1H3,(H2,16,20)(H,18,19);1-4,8H. The zero-order valence-corrected chi connectivity index (χ0v) is 18.1. The minimum atomic E-state index is -0.540. The average Bonchev–Trinajstić information content (AvgIpc) is 3.48. The van der Waals surface area contributed by atoms with Crippen LogP contribution in [0.1, 0.15) is 21.0 Å². The smallest absolute Gasteiger partial charge is 0.270 e. The highest BCUT2D eigenvalue weighted by Crippen LogP contribution is 2.31. The second kappa shape index (κ2) is 8.99. The third-order valence-corrected chi connectivity index (χ3v) is 6.33. The fourth-order valence-electron chi connectivity index (χ4n) is 3.03. The molecule has 0 fully saturated rings. The molecule has 7 nitrogen and oxygen atoms in total. The van der Waals surface area contributed by atoms with Gasteiger partial charge in [-0.25, -0.2) is 4.98 Å². The number of benzene rings is 2. The van der Waals surface area contributed by atoms with Gasteiger partial charge in [0.15, 0.2) is 17.1 Å². The van der Waals surface area contributed by atoms with Crippen molar-refractivity contribution >= 4 is 71.7 Å². The number of fused-ring (bicyclic) bond motifs is 2. The highest BCUT2D eigenvalue weighted by Gasteiger charge is 2.14. The Kier molecular flexibility index (Phi) is 5.96. The number of primary amides is 1. The summed E-state index contributed by atoms with van der Waals surface area (Å²) in [4.78, 5) is 28.8. The van der Waals surface area contributed by atoms with Gasteiger partial charge in [-0.3, -0.25) is 9.59 Å². The molecule has 0 aliphatic carbocycles. The number of nitrogens with two attached hydrogens (primary N) is 1. The first kappa shape index (κ1) is 20.6. The van der Waals surface area contributed by atoms with Crippen LogP contribution in [0.5, 0.6) is 0 Å². The molecule has 5 N–H and O–H groups in total. The maximum atomic E-state index is 11.3. The number of nitrogens with zero attached hydrogens (tertiary/aromatic N) is 1. The molecule has 0 aliphatic heterocycles. The van der Waals surface area contributed by atoms with Crippen LogP contribution >= 0.6 is 22.7 Å². The van der Waals surface area contributed by atoms with E-state index in [1.807, 2.05) is 47.8 Å². The topological polar surface area (TPSA) is 113 Å². The van der Waals surface area contributed by atoms with Crippen LogP contribution in [0.25, 0.3) is 21.0 Å². The van der Waals surface area contributed by atoms with Gasteiger partial charge in [0.05, 0.1) is 15.9 Å². The van der Waals surface area contributed by atoms with E-state index < -0.39 is 5.91 Å². The molecule has 31 heavy (non-hydrogen) atoms. The zero-order chi connectivity index (χ0) is 21.8. The minimum absolute atomic E-state index is 0.255. The number of aromatic amines is 1. The van der Waals surface area contributed by atoms with Crippen LogP contribution in [-0.2, 0) is 0 Å². The molecule has 0 saturated heterocycles. The van der Waals surface area contributed by atoms with E-state index in [4.69, 9.17) is 5.73 Å². The van der Waals surface area contributed by atoms with Gasteiger partial charge in [0, 0.05) is 12.7 Å². The summed E-state index contributed by atoms with van der Waals surface area (Å²) in [5, 5.41) is 11.7. The number of hydrogen-bond acceptors (Lipinski definition) is 7. The lowest BCUT2D eigenvalue weighted by molar-refractivity contribution is 0.0996. The molecule has 0 bridgehead atoms. The van der Waals surface area contributed by atoms with Crippen LogP contribution in [-0.4, -0.2) is 29.2 Å². The number of carbonyl (C=O) groups excluding carboxylic acids is 2. The van der Waals surface area contributed by atoms with Crippen LogP contribution in [0, 0.1) is 0 Å². The van der Waals surface area contributed by atoms with E-state index in [0.717, 1.165) is 27.6 Å². The van der Waals surface area contributed by atoms with E-state index in [2.05, 4.69) is 32.7 Å². The first-order valence-electron chi connectivity index (χ1n) is 9.33. The Morgan fingerprint density at radius 3 is 2.61 bits per heavy atom. The molecule has 5 aromatic rings. The number of nitrogens with one attached hydrogen (secondary N) is 3. The number of amides is 1. The first-order valence-corrected chi connectivity index (χ1v) is 11.0. The van der Waals surface area contributed by atoms with Gasteiger partial charge in [-0.15, -0.1) is 11.3 Å². The molecule has 1 amide bonds. The Hall–Kier alpha value is -3.69. The number of thiophene rings is 1. The summed E-state index contributed by atoms with van der Waals surface area (Å²) in [6.45, 7) is 0. The van der Waals surface area contributed by atoms with Gasteiger partial charge in [-0.05, 0) is 40.4 Å². The summed E-state index contributed by atoms with van der Waals surface area (Å²) in [7, 11) is 1.74. The Balaban J connectivity index is 0.000000192. The van der Waals surface area contributed by atoms with Gasteiger partial charge in [0.1, 0.15) is 5.00 Å². The SMILES string of the molecule is CNc1sc(Nc2ccc3ccccc3c2)nc1C(N)=O.O=Cc1cc2sccc2[nH]1. The maximum Gasteiger partial charge on any atom is 0.270 e. The number of H-pyrrole nitrogens is 1. The van der Waals surface area contributed by atoms with E-state index in [1.165, 1.54) is 16.7 Å². The molecule has 0 saturated carbocycles. The third-order valence-electron chi connectivity index (χ3n) is 4.48. The quantitative estimate of drug-likeness (QED) is 0.275. The summed E-state index contributed by atoms with van der Waals surface area (Å²) in [5.74, 6) is -0.540. The van der Waals surface area contributed by atoms with Gasteiger partial charge in [0.25, 0.3) is 5.91 Å². The summed E-state index contributed by atoms with van der Waals surface area (Å²) in [6, 6.07) is 18.0. The molecule has 0 unspecified atom stereocenters. The largest absolute Gasteiger partial charge is 0.378 e.